The zero-order valence-electron chi connectivity index (χ0n) is 14.0. The van der Waals surface area contributed by atoms with E-state index in [-0.39, 0.29) is 24.0 Å². The third-order valence-corrected chi connectivity index (χ3v) is 4.89. The van der Waals surface area contributed by atoms with Crippen LogP contribution in [0.15, 0.2) is 58.3 Å². The molecule has 1 unspecified atom stereocenters. The molecule has 2 heterocycles. The molecular formula is C20H19NO4. The van der Waals surface area contributed by atoms with E-state index in [0.29, 0.717) is 12.2 Å². The number of carbonyl (C=O) groups is 2. The van der Waals surface area contributed by atoms with Crippen LogP contribution in [-0.4, -0.2) is 18.8 Å². The van der Waals surface area contributed by atoms with Gasteiger partial charge in [0.15, 0.2) is 5.78 Å². The van der Waals surface area contributed by atoms with Gasteiger partial charge in [-0.15, -0.1) is 0 Å². The van der Waals surface area contributed by atoms with E-state index in [9.17, 15) is 9.59 Å². The third-order valence-electron chi connectivity index (χ3n) is 4.89. The van der Waals surface area contributed by atoms with Gasteiger partial charge in [0.25, 0.3) is 0 Å². The minimum Gasteiger partial charge on any atom is -0.497 e. The van der Waals surface area contributed by atoms with Crippen molar-refractivity contribution in [2.45, 2.75) is 31.6 Å². The highest BCUT2D eigenvalue weighted by atomic mass is 16.5. The van der Waals surface area contributed by atoms with Crippen molar-refractivity contribution in [3.05, 3.63) is 59.7 Å². The average Bonchev–Trinajstić information content (AvgIpc) is 3.16. The number of methoxy groups -OCH3 is 1. The number of anilines is 1. The fourth-order valence-electron chi connectivity index (χ4n) is 3.76. The van der Waals surface area contributed by atoms with Gasteiger partial charge in [0.05, 0.1) is 19.3 Å². The number of benzene rings is 1. The van der Waals surface area contributed by atoms with E-state index < -0.39 is 0 Å². The Balaban J connectivity index is 1.82. The predicted octanol–water partition coefficient (Wildman–Crippen LogP) is 3.82. The third kappa shape index (κ3) is 2.65. The summed E-state index contributed by atoms with van der Waals surface area (Å²) in [6.07, 6.45) is 3.84. The van der Waals surface area contributed by atoms with E-state index in [1.807, 2.05) is 30.3 Å². The smallest absolute Gasteiger partial charge is 0.232 e. The molecule has 1 aliphatic heterocycles. The maximum Gasteiger partial charge on any atom is 0.232 e. The first-order valence-electron chi connectivity index (χ1n) is 8.45. The second-order valence-electron chi connectivity index (χ2n) is 6.34. The molecule has 128 valence electrons. The SMILES string of the molecule is COc1ccc(N2C(=O)CC(c3ccco3)C3=C2CCCC3=O)cc1. The number of nitrogens with zero attached hydrogens (tertiary/aromatic N) is 1. The molecule has 0 saturated carbocycles. The van der Waals surface area contributed by atoms with Gasteiger partial charge in [-0.1, -0.05) is 0 Å². The number of carbonyl (C=O) groups excluding carboxylic acids is 2. The summed E-state index contributed by atoms with van der Waals surface area (Å²) < 4.78 is 10.7. The molecule has 1 atom stereocenters. The molecule has 0 fully saturated rings. The maximum atomic E-state index is 12.9. The van der Waals surface area contributed by atoms with Crippen molar-refractivity contribution in [2.24, 2.45) is 0 Å². The number of ether oxygens (including phenoxy) is 1. The first-order valence-corrected chi connectivity index (χ1v) is 8.45. The first kappa shape index (κ1) is 15.7. The van der Waals surface area contributed by atoms with Gasteiger partial charge in [-0.25, -0.2) is 0 Å². The number of hydrogen-bond donors (Lipinski definition) is 0. The molecule has 5 nitrogen and oxygen atoms in total. The summed E-state index contributed by atoms with van der Waals surface area (Å²) >= 11 is 0. The van der Waals surface area contributed by atoms with E-state index in [2.05, 4.69) is 0 Å². The van der Waals surface area contributed by atoms with Crippen LogP contribution in [0.2, 0.25) is 0 Å². The standard InChI is InChI=1S/C20H19NO4/c1-24-14-9-7-13(8-10-14)21-16-4-2-5-17(22)20(16)15(12-19(21)23)18-6-3-11-25-18/h3,6-11,15H,2,4-5,12H2,1H3. The second-order valence-corrected chi connectivity index (χ2v) is 6.34. The number of amides is 1. The summed E-state index contributed by atoms with van der Waals surface area (Å²) in [5.41, 5.74) is 2.32. The lowest BCUT2D eigenvalue weighted by Gasteiger charge is -2.37. The molecule has 1 aromatic carbocycles. The Hall–Kier alpha value is -2.82. The highest BCUT2D eigenvalue weighted by Crippen LogP contribution is 2.43. The van der Waals surface area contributed by atoms with Crippen molar-refractivity contribution in [1.82, 2.24) is 0 Å². The van der Waals surface area contributed by atoms with E-state index in [4.69, 9.17) is 9.15 Å². The van der Waals surface area contributed by atoms with Crippen molar-refractivity contribution in [3.63, 3.8) is 0 Å². The van der Waals surface area contributed by atoms with Gasteiger partial charge in [-0.05, 0) is 49.2 Å². The van der Waals surface area contributed by atoms with Gasteiger partial charge in [0.2, 0.25) is 5.91 Å². The molecule has 1 aromatic heterocycles. The number of ketones is 1. The fourth-order valence-corrected chi connectivity index (χ4v) is 3.76. The van der Waals surface area contributed by atoms with Crippen LogP contribution in [0, 0.1) is 0 Å². The lowest BCUT2D eigenvalue weighted by atomic mass is 9.79. The van der Waals surface area contributed by atoms with Gasteiger partial charge in [0, 0.05) is 29.8 Å². The summed E-state index contributed by atoms with van der Waals surface area (Å²) in [7, 11) is 1.61. The van der Waals surface area contributed by atoms with Gasteiger partial charge in [-0.3, -0.25) is 14.5 Å². The number of furan rings is 1. The zero-order chi connectivity index (χ0) is 17.4. The van der Waals surface area contributed by atoms with Gasteiger partial charge >= 0.3 is 0 Å². The molecule has 1 aliphatic carbocycles. The largest absolute Gasteiger partial charge is 0.497 e. The van der Waals surface area contributed by atoms with Crippen LogP contribution in [0.1, 0.15) is 37.4 Å². The second kappa shape index (κ2) is 6.24. The Morgan fingerprint density at radius 1 is 1.12 bits per heavy atom. The van der Waals surface area contributed by atoms with Crippen LogP contribution in [0.25, 0.3) is 0 Å². The normalized spacial score (nSPS) is 20.7. The van der Waals surface area contributed by atoms with Crippen LogP contribution in [0.3, 0.4) is 0 Å². The number of hydrogen-bond acceptors (Lipinski definition) is 4. The van der Waals surface area contributed by atoms with Crippen LogP contribution in [-0.2, 0) is 9.59 Å². The van der Waals surface area contributed by atoms with E-state index in [1.165, 1.54) is 0 Å². The molecular weight excluding hydrogens is 318 g/mol. The van der Waals surface area contributed by atoms with E-state index in [1.54, 1.807) is 24.3 Å². The van der Waals surface area contributed by atoms with Crippen LogP contribution < -0.4 is 9.64 Å². The summed E-state index contributed by atoms with van der Waals surface area (Å²) in [6, 6.07) is 11.0. The van der Waals surface area contributed by atoms with Gasteiger partial charge < -0.3 is 9.15 Å². The molecule has 2 aromatic rings. The number of Topliss-reactive ketones (excluding diaryl/α,β-unsaturated/α-hetero) is 1. The Kier molecular flexibility index (Phi) is 3.92. The summed E-state index contributed by atoms with van der Waals surface area (Å²) in [4.78, 5) is 27.3. The van der Waals surface area contributed by atoms with Crippen molar-refractivity contribution in [2.75, 3.05) is 12.0 Å². The Labute approximate surface area is 145 Å². The van der Waals surface area contributed by atoms with Crippen molar-refractivity contribution < 1.29 is 18.7 Å². The molecule has 0 saturated heterocycles. The molecule has 0 bridgehead atoms. The molecule has 25 heavy (non-hydrogen) atoms. The number of allylic oxidation sites excluding steroid dienone is 2. The van der Waals surface area contributed by atoms with Crippen LogP contribution >= 0.6 is 0 Å². The topological polar surface area (TPSA) is 59.8 Å². The molecule has 2 aliphatic rings. The van der Waals surface area contributed by atoms with Crippen molar-refractivity contribution in [3.8, 4) is 5.75 Å². The average molecular weight is 337 g/mol. The Morgan fingerprint density at radius 3 is 2.60 bits per heavy atom. The molecule has 0 N–H and O–H groups in total. The van der Waals surface area contributed by atoms with E-state index in [0.717, 1.165) is 35.5 Å². The molecule has 5 heteroatoms. The maximum absolute atomic E-state index is 12.9. The summed E-state index contributed by atoms with van der Waals surface area (Å²) in [6.45, 7) is 0. The Morgan fingerprint density at radius 2 is 1.92 bits per heavy atom. The van der Waals surface area contributed by atoms with E-state index >= 15 is 0 Å². The summed E-state index contributed by atoms with van der Waals surface area (Å²) in [5, 5.41) is 0. The number of rotatable bonds is 3. The van der Waals surface area contributed by atoms with Crippen LogP contribution in [0.5, 0.6) is 5.75 Å². The molecule has 0 radical (unpaired) electrons. The molecule has 1 amide bonds. The fraction of sp³-hybridized carbons (Fsp3) is 0.300. The van der Waals surface area contributed by atoms with Crippen LogP contribution in [0.4, 0.5) is 5.69 Å². The highest BCUT2D eigenvalue weighted by molar-refractivity contribution is 6.07. The van der Waals surface area contributed by atoms with Crippen molar-refractivity contribution in [1.29, 1.82) is 0 Å². The Bertz CT molecular complexity index is 833. The summed E-state index contributed by atoms with van der Waals surface area (Å²) in [5.74, 6) is 1.24. The first-order chi connectivity index (χ1) is 12.2. The minimum absolute atomic E-state index is 0.0139. The van der Waals surface area contributed by atoms with Crippen molar-refractivity contribution >= 4 is 17.4 Å². The minimum atomic E-state index is -0.278. The zero-order valence-corrected chi connectivity index (χ0v) is 14.0. The molecule has 4 rings (SSSR count). The molecule has 0 spiro atoms. The quantitative estimate of drug-likeness (QED) is 0.854. The van der Waals surface area contributed by atoms with Gasteiger partial charge in [0.1, 0.15) is 11.5 Å². The predicted molar refractivity (Wildman–Crippen MR) is 92.4 cm³/mol. The van der Waals surface area contributed by atoms with Gasteiger partial charge in [-0.2, -0.15) is 0 Å². The lowest BCUT2D eigenvalue weighted by molar-refractivity contribution is -0.120. The lowest BCUT2D eigenvalue weighted by Crippen LogP contribution is -2.40. The highest BCUT2D eigenvalue weighted by Gasteiger charge is 2.40. The monoisotopic (exact) mass is 337 g/mol.